The quantitative estimate of drug-likeness (QED) is 0.742. The maximum Gasteiger partial charge on any atom is 0.0536 e. The van der Waals surface area contributed by atoms with E-state index >= 15 is 0 Å². The minimum Gasteiger partial charge on any atom is -0.381 e. The highest BCUT2D eigenvalue weighted by Crippen LogP contribution is 2.28. The van der Waals surface area contributed by atoms with Gasteiger partial charge in [-0.05, 0) is 24.0 Å². The van der Waals surface area contributed by atoms with Crippen molar-refractivity contribution < 1.29 is 4.74 Å². The molecule has 2 aliphatic rings. The molecule has 2 heterocycles. The number of nitrogens with zero attached hydrogens (tertiary/aromatic N) is 1. The molecule has 2 unspecified atom stereocenters. The first-order chi connectivity index (χ1) is 7.33. The van der Waals surface area contributed by atoms with Gasteiger partial charge in [-0.25, -0.2) is 0 Å². The van der Waals surface area contributed by atoms with Crippen molar-refractivity contribution in [2.75, 3.05) is 13.2 Å². The summed E-state index contributed by atoms with van der Waals surface area (Å²) in [4.78, 5) is 4.52. The van der Waals surface area contributed by atoms with Crippen LogP contribution in [-0.4, -0.2) is 24.2 Å². The van der Waals surface area contributed by atoms with Crippen LogP contribution in [-0.2, 0) is 17.6 Å². The molecule has 1 fully saturated rings. The number of nitrogens with two attached hydrogens (primary N) is 1. The first-order valence-electron chi connectivity index (χ1n) is 5.64. The number of ether oxygens (including phenoxy) is 1. The van der Waals surface area contributed by atoms with Gasteiger partial charge in [0.15, 0.2) is 0 Å². The van der Waals surface area contributed by atoms with E-state index in [1.54, 1.807) is 0 Å². The number of rotatable bonds is 1. The highest BCUT2D eigenvalue weighted by molar-refractivity contribution is 5.32. The van der Waals surface area contributed by atoms with Crippen LogP contribution in [0.3, 0.4) is 0 Å². The number of fused-ring (bicyclic) bond motifs is 1. The maximum atomic E-state index is 5.92. The van der Waals surface area contributed by atoms with Crippen LogP contribution in [0, 0.1) is 0 Å². The third-order valence-electron chi connectivity index (χ3n) is 3.42. The molecule has 1 aromatic heterocycles. The molecule has 80 valence electrons. The van der Waals surface area contributed by atoms with Crippen molar-refractivity contribution in [1.29, 1.82) is 0 Å². The Labute approximate surface area is 89.6 Å². The van der Waals surface area contributed by atoms with E-state index in [0.29, 0.717) is 5.92 Å². The van der Waals surface area contributed by atoms with Crippen molar-refractivity contribution >= 4 is 0 Å². The molecule has 0 saturated carbocycles. The van der Waals surface area contributed by atoms with Crippen molar-refractivity contribution in [3.8, 4) is 0 Å². The Hall–Kier alpha value is -0.930. The first kappa shape index (κ1) is 9.31. The van der Waals surface area contributed by atoms with E-state index in [-0.39, 0.29) is 6.04 Å². The Bertz CT molecular complexity index is 372. The van der Waals surface area contributed by atoms with Gasteiger partial charge in [-0.1, -0.05) is 6.07 Å². The molecular formula is C12H16N2O. The van der Waals surface area contributed by atoms with Crippen molar-refractivity contribution in [2.24, 2.45) is 5.73 Å². The molecule has 1 saturated heterocycles. The van der Waals surface area contributed by atoms with Crippen molar-refractivity contribution in [1.82, 2.24) is 4.98 Å². The standard InChI is InChI=1S/C12H16N2O/c13-11-4-9-3-10(6-14-12(9)5-11)8-1-2-15-7-8/h3,6,8,11H,1-2,4-5,7,13H2. The van der Waals surface area contributed by atoms with Crippen LogP contribution in [0.15, 0.2) is 12.3 Å². The second-order valence-corrected chi connectivity index (χ2v) is 4.60. The molecule has 3 heteroatoms. The molecule has 15 heavy (non-hydrogen) atoms. The third-order valence-corrected chi connectivity index (χ3v) is 3.42. The topological polar surface area (TPSA) is 48.1 Å². The Morgan fingerprint density at radius 1 is 1.40 bits per heavy atom. The van der Waals surface area contributed by atoms with Gasteiger partial charge < -0.3 is 10.5 Å². The van der Waals surface area contributed by atoms with Crippen LogP contribution in [0.1, 0.15) is 29.2 Å². The van der Waals surface area contributed by atoms with E-state index in [1.165, 1.54) is 16.8 Å². The summed E-state index contributed by atoms with van der Waals surface area (Å²) in [6, 6.07) is 2.57. The molecule has 1 aromatic rings. The van der Waals surface area contributed by atoms with Crippen LogP contribution in [0.4, 0.5) is 0 Å². The Kier molecular flexibility index (Phi) is 2.22. The Morgan fingerprint density at radius 3 is 3.13 bits per heavy atom. The van der Waals surface area contributed by atoms with E-state index in [9.17, 15) is 0 Å². The van der Waals surface area contributed by atoms with Gasteiger partial charge in [-0.2, -0.15) is 0 Å². The van der Waals surface area contributed by atoms with E-state index in [1.807, 2.05) is 6.20 Å². The fraction of sp³-hybridized carbons (Fsp3) is 0.583. The summed E-state index contributed by atoms with van der Waals surface area (Å²) in [5.41, 5.74) is 9.81. The number of aromatic nitrogens is 1. The lowest BCUT2D eigenvalue weighted by Crippen LogP contribution is -2.19. The zero-order valence-electron chi connectivity index (χ0n) is 8.78. The highest BCUT2D eigenvalue weighted by Gasteiger charge is 2.23. The molecule has 3 nitrogen and oxygen atoms in total. The SMILES string of the molecule is NC1Cc2cc(C3CCOC3)cnc2C1. The number of hydrogen-bond acceptors (Lipinski definition) is 3. The molecule has 0 bridgehead atoms. The maximum absolute atomic E-state index is 5.92. The average molecular weight is 204 g/mol. The molecule has 3 rings (SSSR count). The molecule has 1 aliphatic heterocycles. The van der Waals surface area contributed by atoms with Crippen LogP contribution in [0.2, 0.25) is 0 Å². The summed E-state index contributed by atoms with van der Waals surface area (Å²) in [6.45, 7) is 1.74. The van der Waals surface area contributed by atoms with Crippen LogP contribution in [0.5, 0.6) is 0 Å². The van der Waals surface area contributed by atoms with Gasteiger partial charge in [-0.15, -0.1) is 0 Å². The van der Waals surface area contributed by atoms with Crippen molar-refractivity contribution in [2.45, 2.75) is 31.2 Å². The van der Waals surface area contributed by atoms with Crippen LogP contribution in [0.25, 0.3) is 0 Å². The summed E-state index contributed by atoms with van der Waals surface area (Å²) >= 11 is 0. The van der Waals surface area contributed by atoms with Gasteiger partial charge in [0.25, 0.3) is 0 Å². The van der Waals surface area contributed by atoms with E-state index in [0.717, 1.165) is 32.5 Å². The van der Waals surface area contributed by atoms with Gasteiger partial charge in [0.05, 0.1) is 6.61 Å². The molecule has 0 amide bonds. The molecular weight excluding hydrogens is 188 g/mol. The zero-order chi connectivity index (χ0) is 10.3. The minimum absolute atomic E-state index is 0.280. The molecule has 2 atom stereocenters. The lowest BCUT2D eigenvalue weighted by Gasteiger charge is -2.08. The molecule has 0 aromatic carbocycles. The Morgan fingerprint density at radius 2 is 2.33 bits per heavy atom. The fourth-order valence-electron chi connectivity index (χ4n) is 2.54. The number of pyridine rings is 1. The van der Waals surface area contributed by atoms with E-state index in [4.69, 9.17) is 10.5 Å². The summed E-state index contributed by atoms with van der Waals surface area (Å²) < 4.78 is 5.40. The smallest absolute Gasteiger partial charge is 0.0536 e. The van der Waals surface area contributed by atoms with Gasteiger partial charge in [-0.3, -0.25) is 4.98 Å². The molecule has 2 N–H and O–H groups in total. The van der Waals surface area contributed by atoms with E-state index in [2.05, 4.69) is 11.1 Å². The monoisotopic (exact) mass is 204 g/mol. The summed E-state index contributed by atoms with van der Waals surface area (Å²) in [5, 5.41) is 0. The Balaban J connectivity index is 1.89. The van der Waals surface area contributed by atoms with Gasteiger partial charge in [0.1, 0.15) is 0 Å². The third kappa shape index (κ3) is 1.66. The lowest BCUT2D eigenvalue weighted by atomic mass is 9.98. The normalized spacial score (nSPS) is 29.4. The van der Waals surface area contributed by atoms with Crippen molar-refractivity contribution in [3.05, 3.63) is 29.1 Å². The van der Waals surface area contributed by atoms with Crippen LogP contribution < -0.4 is 5.73 Å². The first-order valence-corrected chi connectivity index (χ1v) is 5.64. The second-order valence-electron chi connectivity index (χ2n) is 4.60. The van der Waals surface area contributed by atoms with Crippen LogP contribution >= 0.6 is 0 Å². The van der Waals surface area contributed by atoms with Gasteiger partial charge in [0, 0.05) is 36.9 Å². The number of hydrogen-bond donors (Lipinski definition) is 1. The molecule has 1 aliphatic carbocycles. The molecule has 0 spiro atoms. The molecule has 0 radical (unpaired) electrons. The average Bonchev–Trinajstić information content (AvgIpc) is 2.82. The fourth-order valence-corrected chi connectivity index (χ4v) is 2.54. The predicted molar refractivity (Wildman–Crippen MR) is 57.8 cm³/mol. The van der Waals surface area contributed by atoms with Gasteiger partial charge in [0.2, 0.25) is 0 Å². The largest absolute Gasteiger partial charge is 0.381 e. The zero-order valence-corrected chi connectivity index (χ0v) is 8.78. The second kappa shape index (κ2) is 3.58. The lowest BCUT2D eigenvalue weighted by molar-refractivity contribution is 0.194. The summed E-state index contributed by atoms with van der Waals surface area (Å²) in [7, 11) is 0. The summed E-state index contributed by atoms with van der Waals surface area (Å²) in [5.74, 6) is 0.555. The summed E-state index contributed by atoms with van der Waals surface area (Å²) in [6.07, 6.45) is 5.07. The van der Waals surface area contributed by atoms with E-state index < -0.39 is 0 Å². The predicted octanol–water partition coefficient (Wildman–Crippen LogP) is 1.01. The van der Waals surface area contributed by atoms with Crippen molar-refractivity contribution in [3.63, 3.8) is 0 Å². The highest BCUT2D eigenvalue weighted by atomic mass is 16.5. The minimum atomic E-state index is 0.280. The van der Waals surface area contributed by atoms with Gasteiger partial charge >= 0.3 is 0 Å².